The number of carbonyl (C=O) groups excluding carboxylic acids is 2. The molecule has 0 N–H and O–H groups in total. The number of nitrogens with zero attached hydrogens (tertiary/aromatic N) is 2. The minimum atomic E-state index is 0.110. The highest BCUT2D eigenvalue weighted by Gasteiger charge is 2.26. The molecule has 1 unspecified atom stereocenters. The maximum absolute atomic E-state index is 13.1. The van der Waals surface area contributed by atoms with Crippen LogP contribution in [0.2, 0.25) is 0 Å². The quantitative estimate of drug-likeness (QED) is 0.693. The summed E-state index contributed by atoms with van der Waals surface area (Å²) in [7, 11) is 1.94. The van der Waals surface area contributed by atoms with Crippen molar-refractivity contribution < 1.29 is 9.59 Å². The minimum Gasteiger partial charge on any atom is -0.342 e. The van der Waals surface area contributed by atoms with Gasteiger partial charge in [-0.2, -0.15) is 0 Å². The third kappa shape index (κ3) is 5.07. The zero-order chi connectivity index (χ0) is 19.2. The molecule has 2 aliphatic rings. The van der Waals surface area contributed by atoms with E-state index in [9.17, 15) is 9.59 Å². The van der Waals surface area contributed by atoms with Crippen LogP contribution in [-0.4, -0.2) is 53.0 Å². The molecule has 27 heavy (non-hydrogen) atoms. The van der Waals surface area contributed by atoms with Crippen molar-refractivity contribution in [3.8, 4) is 0 Å². The van der Waals surface area contributed by atoms with Gasteiger partial charge in [0.2, 0.25) is 5.91 Å². The maximum atomic E-state index is 13.1. The predicted octanol–water partition coefficient (Wildman–Crippen LogP) is 4.58. The third-order valence-electron chi connectivity index (χ3n) is 6.05. The van der Waals surface area contributed by atoms with Gasteiger partial charge in [0.25, 0.3) is 5.91 Å². The molecule has 1 aromatic carbocycles. The fourth-order valence-electron chi connectivity index (χ4n) is 4.24. The fourth-order valence-corrected chi connectivity index (χ4v) is 5.21. The molecular weight excluding hydrogens is 356 g/mol. The summed E-state index contributed by atoms with van der Waals surface area (Å²) in [5.41, 5.74) is 0.740. The molecule has 1 heterocycles. The van der Waals surface area contributed by atoms with E-state index >= 15 is 0 Å². The number of amides is 2. The van der Waals surface area contributed by atoms with Crippen LogP contribution in [0.4, 0.5) is 0 Å². The highest BCUT2D eigenvalue weighted by molar-refractivity contribution is 8.00. The SMILES string of the molecule is CC1CCCCN1C(=O)c1ccccc1SCC(=O)N(C)C1CCCCC1. The van der Waals surface area contributed by atoms with Gasteiger partial charge in [0.1, 0.15) is 0 Å². The van der Waals surface area contributed by atoms with E-state index in [-0.39, 0.29) is 11.8 Å². The van der Waals surface area contributed by atoms with E-state index in [1.165, 1.54) is 37.4 Å². The molecule has 2 fully saturated rings. The van der Waals surface area contributed by atoms with E-state index in [1.807, 2.05) is 41.1 Å². The van der Waals surface area contributed by atoms with Crippen LogP contribution in [0.25, 0.3) is 0 Å². The second-order valence-electron chi connectivity index (χ2n) is 7.92. The Balaban J connectivity index is 1.63. The lowest BCUT2D eigenvalue weighted by molar-refractivity contribution is -0.129. The van der Waals surface area contributed by atoms with Gasteiger partial charge < -0.3 is 9.80 Å². The van der Waals surface area contributed by atoms with Crippen LogP contribution in [0, 0.1) is 0 Å². The van der Waals surface area contributed by atoms with Gasteiger partial charge in [-0.05, 0) is 51.2 Å². The van der Waals surface area contributed by atoms with E-state index in [0.29, 0.717) is 17.8 Å². The van der Waals surface area contributed by atoms with Gasteiger partial charge in [0, 0.05) is 30.6 Å². The largest absolute Gasteiger partial charge is 0.342 e. The first-order valence-corrected chi connectivity index (χ1v) is 11.3. The Labute approximate surface area is 167 Å². The van der Waals surface area contributed by atoms with Crippen LogP contribution in [0.1, 0.15) is 68.6 Å². The van der Waals surface area contributed by atoms with E-state index in [2.05, 4.69) is 6.92 Å². The molecule has 1 aliphatic carbocycles. The number of piperidine rings is 1. The zero-order valence-electron chi connectivity index (χ0n) is 16.7. The average Bonchev–Trinajstić information content (AvgIpc) is 2.72. The summed E-state index contributed by atoms with van der Waals surface area (Å²) >= 11 is 1.50. The highest BCUT2D eigenvalue weighted by Crippen LogP contribution is 2.28. The Bertz CT molecular complexity index is 657. The average molecular weight is 389 g/mol. The van der Waals surface area contributed by atoms with Crippen LogP contribution >= 0.6 is 11.8 Å². The molecule has 3 rings (SSSR count). The number of likely N-dealkylation sites (tertiary alicyclic amines) is 1. The molecule has 0 aromatic heterocycles. The first kappa shape index (κ1) is 20.2. The summed E-state index contributed by atoms with van der Waals surface area (Å²) in [4.78, 5) is 30.6. The smallest absolute Gasteiger partial charge is 0.255 e. The van der Waals surface area contributed by atoms with Crippen LogP contribution in [0.5, 0.6) is 0 Å². The van der Waals surface area contributed by atoms with Crippen molar-refractivity contribution in [3.63, 3.8) is 0 Å². The summed E-state index contributed by atoms with van der Waals surface area (Å²) in [6.45, 7) is 2.97. The van der Waals surface area contributed by atoms with Crippen molar-refractivity contribution in [1.82, 2.24) is 9.80 Å². The van der Waals surface area contributed by atoms with E-state index in [0.717, 1.165) is 42.7 Å². The Kier molecular flexibility index (Phi) is 7.22. The molecule has 0 spiro atoms. The molecule has 1 saturated heterocycles. The van der Waals surface area contributed by atoms with E-state index in [1.54, 1.807) is 0 Å². The van der Waals surface area contributed by atoms with Gasteiger partial charge in [0.05, 0.1) is 11.3 Å². The Hall–Kier alpha value is -1.49. The standard InChI is InChI=1S/C22H32N2O2S/c1-17-10-8-9-15-24(17)22(26)19-13-6-7-14-20(19)27-16-21(25)23(2)18-11-4-3-5-12-18/h6-7,13-14,17-18H,3-5,8-12,15-16H2,1-2H3. The third-order valence-corrected chi connectivity index (χ3v) is 7.11. The summed E-state index contributed by atoms with van der Waals surface area (Å²) in [6.07, 6.45) is 9.33. The summed E-state index contributed by atoms with van der Waals surface area (Å²) in [6, 6.07) is 8.43. The van der Waals surface area contributed by atoms with Crippen LogP contribution in [0.3, 0.4) is 0 Å². The van der Waals surface area contributed by atoms with Gasteiger partial charge in [-0.1, -0.05) is 31.4 Å². The molecule has 1 aliphatic heterocycles. The normalized spacial score (nSPS) is 21.1. The molecule has 5 heteroatoms. The number of thioether (sulfide) groups is 1. The van der Waals surface area contributed by atoms with Crippen LogP contribution in [-0.2, 0) is 4.79 Å². The number of carbonyl (C=O) groups is 2. The predicted molar refractivity (Wildman–Crippen MR) is 111 cm³/mol. The van der Waals surface area contributed by atoms with Crippen LogP contribution in [0.15, 0.2) is 29.2 Å². The second kappa shape index (κ2) is 9.63. The first-order chi connectivity index (χ1) is 13.1. The van der Waals surface area contributed by atoms with Gasteiger partial charge in [-0.3, -0.25) is 9.59 Å². The second-order valence-corrected chi connectivity index (χ2v) is 8.94. The molecular formula is C22H32N2O2S. The van der Waals surface area contributed by atoms with Gasteiger partial charge >= 0.3 is 0 Å². The molecule has 2 amide bonds. The van der Waals surface area contributed by atoms with Crippen molar-refractivity contribution in [2.24, 2.45) is 0 Å². The van der Waals surface area contributed by atoms with Gasteiger partial charge in [-0.15, -0.1) is 11.8 Å². The van der Waals surface area contributed by atoms with Crippen molar-refractivity contribution in [2.45, 2.75) is 75.3 Å². The van der Waals surface area contributed by atoms with Crippen LogP contribution < -0.4 is 0 Å². The summed E-state index contributed by atoms with van der Waals surface area (Å²) in [5.74, 6) is 0.672. The Morgan fingerprint density at radius 3 is 2.52 bits per heavy atom. The Morgan fingerprint density at radius 2 is 1.78 bits per heavy atom. The highest BCUT2D eigenvalue weighted by atomic mass is 32.2. The van der Waals surface area contributed by atoms with Crippen molar-refractivity contribution in [1.29, 1.82) is 0 Å². The maximum Gasteiger partial charge on any atom is 0.255 e. The van der Waals surface area contributed by atoms with E-state index < -0.39 is 0 Å². The topological polar surface area (TPSA) is 40.6 Å². The van der Waals surface area contributed by atoms with Gasteiger partial charge in [-0.25, -0.2) is 0 Å². The lowest BCUT2D eigenvalue weighted by Crippen LogP contribution is -2.42. The first-order valence-electron chi connectivity index (χ1n) is 10.4. The molecule has 0 bridgehead atoms. The van der Waals surface area contributed by atoms with Crippen molar-refractivity contribution >= 4 is 23.6 Å². The molecule has 148 valence electrons. The van der Waals surface area contributed by atoms with Crippen molar-refractivity contribution in [2.75, 3.05) is 19.3 Å². The van der Waals surface area contributed by atoms with Gasteiger partial charge in [0.15, 0.2) is 0 Å². The zero-order valence-corrected chi connectivity index (χ0v) is 17.5. The lowest BCUT2D eigenvalue weighted by atomic mass is 9.94. The summed E-state index contributed by atoms with van der Waals surface area (Å²) in [5, 5.41) is 0. The molecule has 1 saturated carbocycles. The Morgan fingerprint density at radius 1 is 1.07 bits per heavy atom. The molecule has 0 radical (unpaired) electrons. The van der Waals surface area contributed by atoms with Crippen molar-refractivity contribution in [3.05, 3.63) is 29.8 Å². The fraction of sp³-hybridized carbons (Fsp3) is 0.636. The minimum absolute atomic E-state index is 0.110. The monoisotopic (exact) mass is 388 g/mol. The molecule has 1 aromatic rings. The summed E-state index contributed by atoms with van der Waals surface area (Å²) < 4.78 is 0. The molecule has 4 nitrogen and oxygen atoms in total. The lowest BCUT2D eigenvalue weighted by Gasteiger charge is -2.34. The number of benzene rings is 1. The number of hydrogen-bond acceptors (Lipinski definition) is 3. The number of hydrogen-bond donors (Lipinski definition) is 0. The molecule has 1 atom stereocenters. The van der Waals surface area contributed by atoms with E-state index in [4.69, 9.17) is 0 Å². The number of rotatable bonds is 5.